The van der Waals surface area contributed by atoms with Gasteiger partial charge >= 0.3 is 8.56 Å². The first kappa shape index (κ1) is 14.2. The molecule has 3 nitrogen and oxygen atoms in total. The highest BCUT2D eigenvalue weighted by molar-refractivity contribution is 6.68. The van der Waals surface area contributed by atoms with Gasteiger partial charge in [0.1, 0.15) is 0 Å². The predicted octanol–water partition coefficient (Wildman–Crippen LogP) is 3.17. The SMILES string of the molecule is CCO[Si](C)(OCC)C(C)Nc1ccccc1. The second-order valence-corrected chi connectivity index (χ2v) is 7.59. The highest BCUT2D eigenvalue weighted by Gasteiger charge is 2.38. The maximum atomic E-state index is 5.86. The van der Waals surface area contributed by atoms with Gasteiger partial charge in [-0.3, -0.25) is 0 Å². The van der Waals surface area contributed by atoms with E-state index >= 15 is 0 Å². The second-order valence-electron chi connectivity index (χ2n) is 4.11. The first-order chi connectivity index (χ1) is 8.12. The van der Waals surface area contributed by atoms with E-state index in [1.165, 1.54) is 0 Å². The molecule has 0 spiro atoms. The summed E-state index contributed by atoms with van der Waals surface area (Å²) in [7, 11) is -2.15. The molecule has 1 aromatic rings. The minimum atomic E-state index is -2.15. The number of benzene rings is 1. The smallest absolute Gasteiger partial charge is 0.357 e. The van der Waals surface area contributed by atoms with Gasteiger partial charge < -0.3 is 14.2 Å². The summed E-state index contributed by atoms with van der Waals surface area (Å²) in [5.41, 5.74) is 1.32. The zero-order valence-electron chi connectivity index (χ0n) is 11.2. The van der Waals surface area contributed by atoms with Crippen LogP contribution in [0.15, 0.2) is 30.3 Å². The minimum absolute atomic E-state index is 0.213. The fraction of sp³-hybridized carbons (Fsp3) is 0.538. The van der Waals surface area contributed by atoms with E-state index < -0.39 is 8.56 Å². The molecule has 0 aliphatic heterocycles. The Bertz CT molecular complexity index is 312. The Hall–Kier alpha value is -0.843. The van der Waals surface area contributed by atoms with Gasteiger partial charge in [0.2, 0.25) is 0 Å². The summed E-state index contributed by atoms with van der Waals surface area (Å²) in [6, 6.07) is 10.2. The van der Waals surface area contributed by atoms with Crippen LogP contribution in [-0.4, -0.2) is 27.4 Å². The van der Waals surface area contributed by atoms with Crippen LogP contribution in [0.5, 0.6) is 0 Å². The number of nitrogens with one attached hydrogen (secondary N) is 1. The monoisotopic (exact) mass is 253 g/mol. The topological polar surface area (TPSA) is 30.5 Å². The molecule has 96 valence electrons. The zero-order valence-corrected chi connectivity index (χ0v) is 12.2. The van der Waals surface area contributed by atoms with Crippen LogP contribution in [0, 0.1) is 0 Å². The van der Waals surface area contributed by atoms with E-state index in [-0.39, 0.29) is 5.67 Å². The van der Waals surface area contributed by atoms with Crippen LogP contribution in [-0.2, 0) is 8.85 Å². The van der Waals surface area contributed by atoms with Crippen LogP contribution in [0.4, 0.5) is 5.69 Å². The van der Waals surface area contributed by atoms with Crippen molar-refractivity contribution in [3.63, 3.8) is 0 Å². The van der Waals surface area contributed by atoms with E-state index in [0.29, 0.717) is 13.2 Å². The Morgan fingerprint density at radius 1 is 1.12 bits per heavy atom. The van der Waals surface area contributed by atoms with E-state index in [0.717, 1.165) is 5.69 Å². The van der Waals surface area contributed by atoms with Crippen molar-refractivity contribution in [2.75, 3.05) is 18.5 Å². The lowest BCUT2D eigenvalue weighted by molar-refractivity contribution is 0.183. The average molecular weight is 253 g/mol. The summed E-state index contributed by atoms with van der Waals surface area (Å²) >= 11 is 0. The standard InChI is InChI=1S/C13H23NO2Si/c1-5-15-17(4,16-6-2)12(3)14-13-10-8-7-9-11-13/h7-12,14H,5-6H2,1-4H3. The van der Waals surface area contributed by atoms with Gasteiger partial charge in [0.05, 0.1) is 5.67 Å². The summed E-state index contributed by atoms with van der Waals surface area (Å²) in [6.45, 7) is 9.66. The van der Waals surface area contributed by atoms with Gasteiger partial charge in [-0.1, -0.05) is 18.2 Å². The van der Waals surface area contributed by atoms with Crippen molar-refractivity contribution in [1.82, 2.24) is 0 Å². The number of hydrogen-bond acceptors (Lipinski definition) is 3. The molecule has 0 aliphatic carbocycles. The fourth-order valence-corrected chi connectivity index (χ4v) is 3.94. The molecule has 0 bridgehead atoms. The first-order valence-electron chi connectivity index (χ1n) is 6.22. The van der Waals surface area contributed by atoms with Crippen molar-refractivity contribution in [3.8, 4) is 0 Å². The van der Waals surface area contributed by atoms with Crippen molar-refractivity contribution in [3.05, 3.63) is 30.3 Å². The molecule has 0 amide bonds. The van der Waals surface area contributed by atoms with Crippen molar-refractivity contribution in [1.29, 1.82) is 0 Å². The second kappa shape index (κ2) is 6.79. The molecular formula is C13H23NO2Si. The summed E-state index contributed by atoms with van der Waals surface area (Å²) in [5.74, 6) is 0. The van der Waals surface area contributed by atoms with Crippen LogP contribution in [0.2, 0.25) is 6.55 Å². The molecule has 1 rings (SSSR count). The van der Waals surface area contributed by atoms with Gasteiger partial charge in [0.25, 0.3) is 0 Å². The highest BCUT2D eigenvalue weighted by atomic mass is 28.4. The van der Waals surface area contributed by atoms with E-state index in [4.69, 9.17) is 8.85 Å². The lowest BCUT2D eigenvalue weighted by atomic mass is 10.3. The lowest BCUT2D eigenvalue weighted by Gasteiger charge is -2.32. The summed E-state index contributed by atoms with van der Waals surface area (Å²) in [5, 5.41) is 3.46. The summed E-state index contributed by atoms with van der Waals surface area (Å²) in [6.07, 6.45) is 0. The Labute approximate surface area is 105 Å². The lowest BCUT2D eigenvalue weighted by Crippen LogP contribution is -2.53. The molecule has 4 heteroatoms. The van der Waals surface area contributed by atoms with Crippen molar-refractivity contribution >= 4 is 14.2 Å². The molecule has 1 atom stereocenters. The number of rotatable bonds is 7. The third-order valence-electron chi connectivity index (χ3n) is 2.81. The molecule has 17 heavy (non-hydrogen) atoms. The van der Waals surface area contributed by atoms with Gasteiger partial charge in [-0.2, -0.15) is 0 Å². The summed E-state index contributed by atoms with van der Waals surface area (Å²) < 4.78 is 11.7. The van der Waals surface area contributed by atoms with Gasteiger partial charge in [-0.15, -0.1) is 0 Å². The van der Waals surface area contributed by atoms with E-state index in [2.05, 4.69) is 30.9 Å². The van der Waals surface area contributed by atoms with E-state index in [1.54, 1.807) is 0 Å². The zero-order chi connectivity index (χ0) is 12.7. The first-order valence-corrected chi connectivity index (χ1v) is 8.61. The molecule has 0 aliphatic rings. The maximum absolute atomic E-state index is 5.86. The molecule has 1 unspecified atom stereocenters. The quantitative estimate of drug-likeness (QED) is 0.757. The largest absolute Gasteiger partial charge is 0.394 e. The maximum Gasteiger partial charge on any atom is 0.357 e. The molecule has 0 radical (unpaired) electrons. The molecule has 0 aromatic heterocycles. The van der Waals surface area contributed by atoms with Crippen molar-refractivity contribution in [2.45, 2.75) is 33.0 Å². The van der Waals surface area contributed by atoms with Gasteiger partial charge in [0.15, 0.2) is 0 Å². The number of anilines is 1. The van der Waals surface area contributed by atoms with Crippen molar-refractivity contribution in [2.24, 2.45) is 0 Å². The van der Waals surface area contributed by atoms with Crippen LogP contribution in [0.3, 0.4) is 0 Å². The highest BCUT2D eigenvalue weighted by Crippen LogP contribution is 2.17. The molecule has 0 saturated carbocycles. The number of hydrogen-bond donors (Lipinski definition) is 1. The Balaban J connectivity index is 2.68. The molecule has 1 aromatic carbocycles. The van der Waals surface area contributed by atoms with Crippen LogP contribution in [0.1, 0.15) is 20.8 Å². The molecule has 0 fully saturated rings. The van der Waals surface area contributed by atoms with Gasteiger partial charge in [-0.25, -0.2) is 0 Å². The van der Waals surface area contributed by atoms with Gasteiger partial charge in [-0.05, 0) is 39.5 Å². The van der Waals surface area contributed by atoms with Crippen LogP contribution < -0.4 is 5.32 Å². The average Bonchev–Trinajstić information content (AvgIpc) is 2.31. The Kier molecular flexibility index (Phi) is 5.68. The Morgan fingerprint density at radius 2 is 1.65 bits per heavy atom. The van der Waals surface area contributed by atoms with E-state index in [9.17, 15) is 0 Å². The summed E-state index contributed by atoms with van der Waals surface area (Å²) in [4.78, 5) is 0. The van der Waals surface area contributed by atoms with Gasteiger partial charge in [0, 0.05) is 18.9 Å². The molecule has 0 saturated heterocycles. The minimum Gasteiger partial charge on any atom is -0.394 e. The molecule has 0 heterocycles. The van der Waals surface area contributed by atoms with Crippen molar-refractivity contribution < 1.29 is 8.85 Å². The molecular weight excluding hydrogens is 230 g/mol. The molecule has 1 N–H and O–H groups in total. The van der Waals surface area contributed by atoms with Crippen LogP contribution in [0.25, 0.3) is 0 Å². The van der Waals surface area contributed by atoms with E-state index in [1.807, 2.05) is 32.0 Å². The normalized spacial score (nSPS) is 13.4. The predicted molar refractivity (Wildman–Crippen MR) is 74.4 cm³/mol. The Morgan fingerprint density at radius 3 is 2.12 bits per heavy atom. The third-order valence-corrected chi connectivity index (χ3v) is 6.25. The number of para-hydroxylation sites is 1. The van der Waals surface area contributed by atoms with Crippen LogP contribution >= 0.6 is 0 Å². The fourth-order valence-electron chi connectivity index (χ4n) is 1.78. The third kappa shape index (κ3) is 4.15.